The van der Waals surface area contributed by atoms with Gasteiger partial charge in [0.2, 0.25) is 5.78 Å². The van der Waals surface area contributed by atoms with Gasteiger partial charge in [-0.25, -0.2) is 4.98 Å². The number of ketones is 1. The molecule has 0 amide bonds. The number of carbonyl (C=O) groups is 1. The number of aromatic nitrogens is 4. The van der Waals surface area contributed by atoms with Crippen LogP contribution in [-0.2, 0) is 48.1 Å². The van der Waals surface area contributed by atoms with Crippen molar-refractivity contribution in [2.24, 2.45) is 0 Å². The van der Waals surface area contributed by atoms with Gasteiger partial charge in [0, 0.05) is 55.2 Å². The summed E-state index contributed by atoms with van der Waals surface area (Å²) in [4.78, 5) is 35.0. The number of fused-ring (bicyclic) bond motifs is 11. The van der Waals surface area contributed by atoms with Crippen molar-refractivity contribution in [3.05, 3.63) is 180 Å². The first kappa shape index (κ1) is 64.4. The summed E-state index contributed by atoms with van der Waals surface area (Å²) in [6.45, 7) is 59.8. The van der Waals surface area contributed by atoms with Crippen LogP contribution >= 0.6 is 0 Å². The molecule has 4 heterocycles. The van der Waals surface area contributed by atoms with E-state index in [1.807, 2.05) is 0 Å². The van der Waals surface area contributed by atoms with E-state index in [-0.39, 0.29) is 66.0 Å². The van der Waals surface area contributed by atoms with Crippen molar-refractivity contribution in [3.8, 4) is 89.5 Å². The zero-order valence-electron chi connectivity index (χ0n) is 64.0. The number of hydrogen-bond donors (Lipinski definition) is 4. The molecule has 0 atom stereocenters. The van der Waals surface area contributed by atoms with E-state index in [9.17, 15) is 5.11 Å². The molecule has 8 aromatic carbocycles. The number of aliphatic hydroxyl groups excluding tert-OH is 1. The van der Waals surface area contributed by atoms with Crippen molar-refractivity contribution in [1.29, 1.82) is 0 Å². The molecular weight excluding hydrogens is 1220 g/mol. The second-order valence-electron chi connectivity index (χ2n) is 38.9. The van der Waals surface area contributed by atoms with Crippen LogP contribution in [0, 0.1) is 24.3 Å². The van der Waals surface area contributed by atoms with Crippen LogP contribution in [0.5, 0.6) is 0 Å². The summed E-state index contributed by atoms with van der Waals surface area (Å²) in [6.07, 6.45) is 0. The summed E-state index contributed by atoms with van der Waals surface area (Å²) in [5.41, 5.74) is 29.5. The van der Waals surface area contributed by atoms with E-state index in [0.29, 0.717) is 11.0 Å². The minimum absolute atomic E-state index is 0.0410. The molecule has 100 heavy (non-hydrogen) atoms. The number of carbonyl (C=O) groups excluding carboxylic acids is 1. The van der Waals surface area contributed by atoms with Crippen LogP contribution in [0.2, 0.25) is 0 Å². The van der Waals surface area contributed by atoms with Gasteiger partial charge in [0.05, 0.1) is 45.0 Å². The fraction of sp³-hybridized carbons (Fsp3) is 0.362. The van der Waals surface area contributed by atoms with Crippen LogP contribution < -0.4 is 5.35 Å². The molecule has 1 aliphatic heterocycles. The third kappa shape index (κ3) is 8.85. The predicted molar refractivity (Wildman–Crippen MR) is 424 cm³/mol. The van der Waals surface area contributed by atoms with Gasteiger partial charge in [-0.3, -0.25) is 4.79 Å². The van der Waals surface area contributed by atoms with Gasteiger partial charge in [0.15, 0.2) is 0 Å². The van der Waals surface area contributed by atoms with Gasteiger partial charge < -0.3 is 20.1 Å². The van der Waals surface area contributed by atoms with Gasteiger partial charge in [-0.05, 0) is 237 Å². The molecule has 11 aromatic rings. The Kier molecular flexibility index (Phi) is 12.6. The van der Waals surface area contributed by atoms with Gasteiger partial charge in [0.1, 0.15) is 5.76 Å². The van der Waals surface area contributed by atoms with Crippen LogP contribution in [0.3, 0.4) is 0 Å². The van der Waals surface area contributed by atoms with Crippen LogP contribution in [-0.4, -0.2) is 30.8 Å². The third-order valence-corrected chi connectivity index (χ3v) is 23.5. The van der Waals surface area contributed by atoms with Crippen molar-refractivity contribution < 1.29 is 9.90 Å². The molecular formula is C94H98N4O2. The van der Waals surface area contributed by atoms with Crippen LogP contribution in [0.25, 0.3) is 155 Å². The summed E-state index contributed by atoms with van der Waals surface area (Å²) >= 11 is 0. The maximum absolute atomic E-state index is 16.8. The van der Waals surface area contributed by atoms with E-state index >= 15 is 4.79 Å². The Balaban J connectivity index is 1.000. The maximum Gasteiger partial charge on any atom is 0.204 e. The molecule has 5 aliphatic carbocycles. The molecule has 0 radical (unpaired) electrons. The van der Waals surface area contributed by atoms with Crippen molar-refractivity contribution in [2.75, 3.05) is 0 Å². The molecule has 6 heteroatoms. The highest BCUT2D eigenvalue weighted by Crippen LogP contribution is 2.62. The number of allylic oxidation sites excluding steroid dienone is 2. The van der Waals surface area contributed by atoms with E-state index in [4.69, 9.17) is 4.98 Å². The normalized spacial score (nSPS) is 15.4. The molecule has 0 saturated carbocycles. The number of aromatic amines is 3. The molecule has 6 nitrogen and oxygen atoms in total. The number of aliphatic hydroxyl groups is 1. The lowest BCUT2D eigenvalue weighted by molar-refractivity contribution is -0.110. The van der Waals surface area contributed by atoms with Gasteiger partial charge in [-0.15, -0.1) is 0 Å². The zero-order valence-corrected chi connectivity index (χ0v) is 64.0. The lowest BCUT2D eigenvalue weighted by Crippen LogP contribution is -2.28. The number of aryl methyl sites for hydroxylation is 2. The molecule has 0 spiro atoms. The second-order valence-corrected chi connectivity index (χ2v) is 38.9. The summed E-state index contributed by atoms with van der Waals surface area (Å²) in [7, 11) is 0. The van der Waals surface area contributed by atoms with Gasteiger partial charge >= 0.3 is 0 Å². The Morgan fingerprint density at radius 3 is 0.910 bits per heavy atom. The first-order valence-corrected chi connectivity index (χ1v) is 36.6. The average molecular weight is 1320 g/mol. The average Bonchev–Trinajstić information content (AvgIpc) is 1.52. The zero-order chi connectivity index (χ0) is 71.5. The van der Waals surface area contributed by atoms with E-state index in [1.54, 1.807) is 0 Å². The van der Waals surface area contributed by atoms with Gasteiger partial charge in [-0.1, -0.05) is 215 Å². The largest absolute Gasteiger partial charge is 0.506 e. The first-order chi connectivity index (χ1) is 46.3. The molecule has 3 aromatic heterocycles. The molecule has 506 valence electrons. The van der Waals surface area contributed by atoms with E-state index in [0.717, 1.165) is 88.6 Å². The van der Waals surface area contributed by atoms with Crippen LogP contribution in [0.15, 0.2) is 103 Å². The number of rotatable bonds is 3. The maximum atomic E-state index is 16.8. The highest BCUT2D eigenvalue weighted by atomic mass is 16.3. The lowest BCUT2D eigenvalue weighted by atomic mass is 9.80. The Morgan fingerprint density at radius 1 is 0.300 bits per heavy atom. The SMILES string of the molecule is Cc1[nH]c(-c2[nH]c(C3=C(O)/C(=c4\nc(-c5[nH]c(C)c6c5-c5cc(C(C)(C)C)cc7cc(C(C)(C)C)cc-6c57)c5c6cc(C(C)(C)C)cc7cc(C(C)(C)C)cc(c4=5)c76)C3=O)c3c2-c2cc(C(C)(C)C)cc4cc(C(C)(C)C)cc-3c24)c2c1-c1cc(C(C)(C)C)cc3cc(C(C)(C)C)cc-2c13. The number of benzene rings is 8. The summed E-state index contributed by atoms with van der Waals surface area (Å²) < 4.78 is 0. The molecule has 6 aliphatic rings. The van der Waals surface area contributed by atoms with Crippen molar-refractivity contribution >= 4 is 70.8 Å². The van der Waals surface area contributed by atoms with Crippen LogP contribution in [0.1, 0.15) is 228 Å². The number of nitrogens with one attached hydrogen (secondary N) is 3. The Hall–Kier alpha value is -9.00. The fourth-order valence-corrected chi connectivity index (χ4v) is 17.5. The standard InChI is InChI=1S/C94H98N4O2/c1-43-65-57-35-49(87(3,4)5)27-45-29-51(89(9,10)11)37-59(67(45)57)71(65)81(95-43)83-75-63-41-55(93(21,22)23)33-47-31-53(91(15,16)17)39-61(69(47)63)73(75)79(97-83)77-85(99)78(86(77)100)80-74-62-40-54(92(18,19)20)32-48-34-56(94(24,25)26)42-64(70(48)62)76(74)84(98-80)82-72-60-38-52(90(12,13)14)30-46-28-50(88(6,7)8)36-58(68(46)60)66(72)44(2)96-82/h27-42,95-97,99H,1-26H3/b80-78+. The Labute approximate surface area is 590 Å². The number of nitrogens with zero attached hydrogens (tertiary/aromatic N) is 1. The van der Waals surface area contributed by atoms with E-state index < -0.39 is 0 Å². The number of H-pyrrole nitrogens is 3. The topological polar surface area (TPSA) is 97.6 Å². The Bertz CT molecular complexity index is 6090. The molecule has 17 rings (SSSR count). The molecule has 0 bridgehead atoms. The van der Waals surface area contributed by atoms with E-state index in [2.05, 4.69) is 292 Å². The number of hydrogen-bond acceptors (Lipinski definition) is 3. The van der Waals surface area contributed by atoms with Crippen molar-refractivity contribution in [3.63, 3.8) is 0 Å². The van der Waals surface area contributed by atoms with Crippen LogP contribution in [0.4, 0.5) is 0 Å². The molecule has 0 saturated heterocycles. The summed E-state index contributed by atoms with van der Waals surface area (Å²) in [5.74, 6) is -0.269. The molecule has 0 fully saturated rings. The monoisotopic (exact) mass is 1310 g/mol. The lowest BCUT2D eigenvalue weighted by Gasteiger charge is -2.24. The summed E-state index contributed by atoms with van der Waals surface area (Å²) in [6, 6.07) is 38.6. The van der Waals surface area contributed by atoms with Crippen molar-refractivity contribution in [2.45, 2.75) is 223 Å². The first-order valence-electron chi connectivity index (χ1n) is 36.6. The van der Waals surface area contributed by atoms with E-state index in [1.165, 1.54) is 121 Å². The smallest absolute Gasteiger partial charge is 0.204 e. The highest BCUT2D eigenvalue weighted by molar-refractivity contribution is 6.52. The third-order valence-electron chi connectivity index (χ3n) is 23.5. The Morgan fingerprint density at radius 2 is 0.570 bits per heavy atom. The second kappa shape index (κ2) is 19.5. The quantitative estimate of drug-likeness (QED) is 0.142. The highest BCUT2D eigenvalue weighted by Gasteiger charge is 2.45. The van der Waals surface area contributed by atoms with Crippen molar-refractivity contribution in [1.82, 2.24) is 19.9 Å². The molecule has 4 N–H and O–H groups in total. The van der Waals surface area contributed by atoms with Gasteiger partial charge in [-0.2, -0.15) is 0 Å². The summed E-state index contributed by atoms with van der Waals surface area (Å²) in [5, 5.41) is 28.1. The minimum atomic E-state index is -0.228. The molecule has 0 unspecified atom stereocenters. The van der Waals surface area contributed by atoms with Gasteiger partial charge in [0.25, 0.3) is 0 Å². The minimum Gasteiger partial charge on any atom is -0.506 e. The predicted octanol–water partition coefficient (Wildman–Crippen LogP) is 24.7. The number of Topliss-reactive ketones (excluding diaryl/α,β-unsaturated/α-hetero) is 1. The fourth-order valence-electron chi connectivity index (χ4n) is 17.5.